The molecule has 0 atom stereocenters. The van der Waals surface area contributed by atoms with Crippen LogP contribution >= 0.6 is 11.6 Å². The van der Waals surface area contributed by atoms with Gasteiger partial charge in [-0.1, -0.05) is 23.2 Å². The maximum Gasteiger partial charge on any atom is 0.181 e. The summed E-state index contributed by atoms with van der Waals surface area (Å²) in [5, 5.41) is 0.683. The van der Waals surface area contributed by atoms with E-state index in [9.17, 15) is 0 Å². The normalized spacial score (nSPS) is 10.3. The highest BCUT2D eigenvalue weighted by Gasteiger charge is 2.05. The third-order valence-corrected chi connectivity index (χ3v) is 2.15. The Morgan fingerprint density at radius 2 is 2.23 bits per heavy atom. The molecule has 0 bridgehead atoms. The molecule has 1 heterocycles. The van der Waals surface area contributed by atoms with E-state index in [0.717, 1.165) is 11.1 Å². The van der Waals surface area contributed by atoms with Crippen molar-refractivity contribution in [3.05, 3.63) is 41.4 Å². The highest BCUT2D eigenvalue weighted by atomic mass is 35.5. The lowest BCUT2D eigenvalue weighted by Crippen LogP contribution is -1.78. The van der Waals surface area contributed by atoms with Crippen LogP contribution in [0.3, 0.4) is 0 Å². The minimum Gasteiger partial charge on any atom is -0.443 e. The first-order chi connectivity index (χ1) is 6.27. The minimum atomic E-state index is 0.683. The van der Waals surface area contributed by atoms with Crippen LogP contribution in [-0.4, -0.2) is 4.98 Å². The Bertz CT molecular complexity index is 409. The predicted octanol–water partition coefficient (Wildman–Crippen LogP) is 3.30. The summed E-state index contributed by atoms with van der Waals surface area (Å²) in [4.78, 5) is 3.84. The van der Waals surface area contributed by atoms with Gasteiger partial charge in [0.05, 0.1) is 11.2 Å². The average molecular weight is 194 g/mol. The first-order valence-electron chi connectivity index (χ1n) is 3.92. The summed E-state index contributed by atoms with van der Waals surface area (Å²) in [5.74, 6) is 0.703. The van der Waals surface area contributed by atoms with E-state index in [4.69, 9.17) is 16.0 Å². The summed E-state index contributed by atoms with van der Waals surface area (Å²) in [7, 11) is 0. The van der Waals surface area contributed by atoms with Crippen molar-refractivity contribution in [3.63, 3.8) is 0 Å². The lowest BCUT2D eigenvalue weighted by atomic mass is 10.1. The van der Waals surface area contributed by atoms with Crippen LogP contribution in [0.15, 0.2) is 35.2 Å². The number of hydrogen-bond donors (Lipinski definition) is 0. The number of hydrogen-bond acceptors (Lipinski definition) is 2. The Hall–Kier alpha value is -1.28. The molecule has 2 nitrogen and oxygen atoms in total. The molecule has 1 aromatic heterocycles. The van der Waals surface area contributed by atoms with Gasteiger partial charge in [-0.15, -0.1) is 0 Å². The minimum absolute atomic E-state index is 0.683. The summed E-state index contributed by atoms with van der Waals surface area (Å²) in [6.45, 7) is 2.01. The molecule has 0 saturated carbocycles. The largest absolute Gasteiger partial charge is 0.443 e. The second-order valence-electron chi connectivity index (χ2n) is 2.85. The number of nitrogens with zero attached hydrogens (tertiary/aromatic N) is 1. The zero-order valence-electron chi connectivity index (χ0n) is 7.12. The van der Waals surface area contributed by atoms with Crippen molar-refractivity contribution in [3.8, 4) is 11.3 Å². The van der Waals surface area contributed by atoms with Crippen LogP contribution in [0, 0.1) is 6.92 Å². The molecule has 13 heavy (non-hydrogen) atoms. The van der Waals surface area contributed by atoms with Gasteiger partial charge in [-0.2, -0.15) is 0 Å². The highest BCUT2D eigenvalue weighted by molar-refractivity contribution is 6.33. The summed E-state index contributed by atoms with van der Waals surface area (Å²) >= 11 is 6.00. The second kappa shape index (κ2) is 3.23. The second-order valence-corrected chi connectivity index (χ2v) is 3.26. The van der Waals surface area contributed by atoms with Gasteiger partial charge in [0.2, 0.25) is 0 Å². The van der Waals surface area contributed by atoms with E-state index in [0.29, 0.717) is 10.8 Å². The van der Waals surface area contributed by atoms with E-state index in [2.05, 4.69) is 4.98 Å². The lowest BCUT2D eigenvalue weighted by Gasteiger charge is -2.00. The van der Waals surface area contributed by atoms with Gasteiger partial charge in [0, 0.05) is 5.56 Å². The van der Waals surface area contributed by atoms with Crippen LogP contribution in [0.1, 0.15) is 5.56 Å². The SMILES string of the molecule is Cc1ccc(Cl)c(-c2cnco2)c1. The number of rotatable bonds is 1. The molecule has 0 aliphatic rings. The summed E-state index contributed by atoms with van der Waals surface area (Å²) in [6, 6.07) is 5.79. The van der Waals surface area contributed by atoms with E-state index < -0.39 is 0 Å². The van der Waals surface area contributed by atoms with Crippen LogP contribution in [0.2, 0.25) is 5.02 Å². The average Bonchev–Trinajstić information content (AvgIpc) is 2.61. The Morgan fingerprint density at radius 3 is 2.92 bits per heavy atom. The van der Waals surface area contributed by atoms with Gasteiger partial charge in [0.1, 0.15) is 0 Å². The van der Waals surface area contributed by atoms with Gasteiger partial charge < -0.3 is 4.42 Å². The Kier molecular flexibility index (Phi) is 2.07. The molecule has 2 rings (SSSR count). The molecular weight excluding hydrogens is 186 g/mol. The van der Waals surface area contributed by atoms with Crippen molar-refractivity contribution in [2.75, 3.05) is 0 Å². The zero-order valence-corrected chi connectivity index (χ0v) is 7.88. The maximum atomic E-state index is 6.00. The van der Waals surface area contributed by atoms with E-state index >= 15 is 0 Å². The molecule has 0 N–H and O–H groups in total. The summed E-state index contributed by atoms with van der Waals surface area (Å²) < 4.78 is 5.16. The molecule has 0 spiro atoms. The van der Waals surface area contributed by atoms with Gasteiger partial charge in [-0.3, -0.25) is 0 Å². The van der Waals surface area contributed by atoms with Gasteiger partial charge >= 0.3 is 0 Å². The van der Waals surface area contributed by atoms with Crippen molar-refractivity contribution < 1.29 is 4.42 Å². The Labute approximate surface area is 81.2 Å². The molecule has 0 amide bonds. The van der Waals surface area contributed by atoms with E-state index in [1.54, 1.807) is 6.20 Å². The molecule has 1 aromatic carbocycles. The third kappa shape index (κ3) is 1.58. The molecule has 0 unspecified atom stereocenters. The standard InChI is InChI=1S/C10H8ClNO/c1-7-2-3-9(11)8(4-7)10-5-12-6-13-10/h2-6H,1H3. The topological polar surface area (TPSA) is 26.0 Å². The van der Waals surface area contributed by atoms with Gasteiger partial charge in [-0.05, 0) is 19.1 Å². The van der Waals surface area contributed by atoms with Crippen LogP contribution in [0.5, 0.6) is 0 Å². The van der Waals surface area contributed by atoms with Gasteiger partial charge in [-0.25, -0.2) is 4.98 Å². The fourth-order valence-electron chi connectivity index (χ4n) is 1.18. The molecular formula is C10H8ClNO. The van der Waals surface area contributed by atoms with E-state index in [1.165, 1.54) is 6.39 Å². The first kappa shape index (κ1) is 8.32. The first-order valence-corrected chi connectivity index (χ1v) is 4.30. The molecule has 0 aliphatic heterocycles. The maximum absolute atomic E-state index is 6.00. The quantitative estimate of drug-likeness (QED) is 0.695. The zero-order chi connectivity index (χ0) is 9.26. The van der Waals surface area contributed by atoms with E-state index in [1.807, 2.05) is 25.1 Å². The molecule has 3 heteroatoms. The van der Waals surface area contributed by atoms with Gasteiger partial charge in [0.25, 0.3) is 0 Å². The van der Waals surface area contributed by atoms with E-state index in [-0.39, 0.29) is 0 Å². The molecule has 0 aliphatic carbocycles. The Balaban J connectivity index is 2.57. The molecule has 0 fully saturated rings. The van der Waals surface area contributed by atoms with Crippen LogP contribution < -0.4 is 0 Å². The van der Waals surface area contributed by atoms with Crippen molar-refractivity contribution in [2.24, 2.45) is 0 Å². The number of oxazole rings is 1. The number of aromatic nitrogens is 1. The van der Waals surface area contributed by atoms with Crippen molar-refractivity contribution in [1.29, 1.82) is 0 Å². The number of aryl methyl sites for hydroxylation is 1. The lowest BCUT2D eigenvalue weighted by molar-refractivity contribution is 0.572. The third-order valence-electron chi connectivity index (χ3n) is 1.82. The highest BCUT2D eigenvalue weighted by Crippen LogP contribution is 2.28. The van der Waals surface area contributed by atoms with Crippen molar-refractivity contribution >= 4 is 11.6 Å². The van der Waals surface area contributed by atoms with Gasteiger partial charge in [0.15, 0.2) is 12.2 Å². The summed E-state index contributed by atoms with van der Waals surface area (Å²) in [6.07, 6.45) is 3.05. The molecule has 66 valence electrons. The molecule has 0 radical (unpaired) electrons. The Morgan fingerprint density at radius 1 is 1.38 bits per heavy atom. The summed E-state index contributed by atoms with van der Waals surface area (Å²) in [5.41, 5.74) is 2.04. The van der Waals surface area contributed by atoms with Crippen molar-refractivity contribution in [1.82, 2.24) is 4.98 Å². The van der Waals surface area contributed by atoms with Crippen LogP contribution in [-0.2, 0) is 0 Å². The van der Waals surface area contributed by atoms with Crippen LogP contribution in [0.4, 0.5) is 0 Å². The monoisotopic (exact) mass is 193 g/mol. The fourth-order valence-corrected chi connectivity index (χ4v) is 1.39. The van der Waals surface area contributed by atoms with Crippen LogP contribution in [0.25, 0.3) is 11.3 Å². The number of benzene rings is 1. The smallest absolute Gasteiger partial charge is 0.181 e. The fraction of sp³-hybridized carbons (Fsp3) is 0.100. The van der Waals surface area contributed by atoms with Crippen molar-refractivity contribution in [2.45, 2.75) is 6.92 Å². The molecule has 2 aromatic rings. The number of halogens is 1. The molecule has 0 saturated heterocycles. The predicted molar refractivity (Wildman–Crippen MR) is 51.7 cm³/mol.